The third-order valence-corrected chi connectivity index (χ3v) is 5.01. The Kier molecular flexibility index (Phi) is 8.76. The molecule has 1 heterocycles. The predicted molar refractivity (Wildman–Crippen MR) is 115 cm³/mol. The first kappa shape index (κ1) is 22.5. The molecule has 1 aliphatic rings. The summed E-state index contributed by atoms with van der Waals surface area (Å²) in [5.74, 6) is -0.148. The molecule has 2 atom stereocenters. The summed E-state index contributed by atoms with van der Waals surface area (Å²) in [7, 11) is 0. The maximum Gasteiger partial charge on any atom is 0.321 e. The fourth-order valence-electron chi connectivity index (χ4n) is 3.09. The van der Waals surface area contributed by atoms with E-state index in [0.717, 1.165) is 25.7 Å². The topological polar surface area (TPSA) is 103 Å². The molecule has 1 aliphatic heterocycles. The molecule has 0 radical (unpaired) electrons. The van der Waals surface area contributed by atoms with Gasteiger partial charge >= 0.3 is 12.1 Å². The zero-order valence-corrected chi connectivity index (χ0v) is 17.6. The first-order valence-electron chi connectivity index (χ1n) is 10.4. The van der Waals surface area contributed by atoms with Crippen LogP contribution in [-0.2, 0) is 4.79 Å². The molecule has 160 valence electrons. The monoisotopic (exact) mass is 403 g/mol. The molecule has 1 aromatic carbocycles. The van der Waals surface area contributed by atoms with Crippen LogP contribution < -0.4 is 21.3 Å². The lowest BCUT2D eigenvalue weighted by molar-refractivity contribution is -0.126. The van der Waals surface area contributed by atoms with Gasteiger partial charge in [0.05, 0.1) is 5.92 Å². The Bertz CT molecular complexity index is 692. The van der Waals surface area contributed by atoms with Crippen LogP contribution in [0.5, 0.6) is 0 Å². The van der Waals surface area contributed by atoms with Gasteiger partial charge in [-0.2, -0.15) is 0 Å². The molecule has 0 aromatic heterocycles. The highest BCUT2D eigenvalue weighted by Gasteiger charge is 2.28. The number of amides is 5. The molecule has 2 rings (SSSR count). The maximum atomic E-state index is 12.6. The highest BCUT2D eigenvalue weighted by Crippen LogP contribution is 2.19. The Morgan fingerprint density at radius 3 is 2.38 bits per heavy atom. The largest absolute Gasteiger partial charge is 0.353 e. The second-order valence-corrected chi connectivity index (χ2v) is 7.49. The Morgan fingerprint density at radius 2 is 1.76 bits per heavy atom. The lowest BCUT2D eigenvalue weighted by Crippen LogP contribution is -2.48. The van der Waals surface area contributed by atoms with E-state index in [1.807, 2.05) is 20.8 Å². The van der Waals surface area contributed by atoms with Gasteiger partial charge in [-0.15, -0.1) is 0 Å². The fourth-order valence-corrected chi connectivity index (χ4v) is 3.09. The number of benzene rings is 1. The van der Waals surface area contributed by atoms with E-state index in [1.165, 1.54) is 0 Å². The summed E-state index contributed by atoms with van der Waals surface area (Å²) in [5, 5.41) is 11.4. The molecule has 1 saturated heterocycles. The molecule has 1 aromatic rings. The van der Waals surface area contributed by atoms with Crippen molar-refractivity contribution in [3.05, 3.63) is 24.3 Å². The molecule has 1 fully saturated rings. The Morgan fingerprint density at radius 1 is 1.10 bits per heavy atom. The first-order chi connectivity index (χ1) is 13.9. The van der Waals surface area contributed by atoms with Crippen molar-refractivity contribution in [2.45, 2.75) is 52.5 Å². The number of hydrogen-bond acceptors (Lipinski definition) is 3. The summed E-state index contributed by atoms with van der Waals surface area (Å²) in [6.07, 6.45) is 3.36. The standard InChI is InChI=1S/C21H33N5O3/c1-4-12-22-20(28)24-17-8-10-18(11-9-17)25-21(29)26-13-6-7-16(14-26)19(27)23-15(3)5-2/h8-11,15-16H,4-7,12-14H2,1-3H3,(H,23,27)(H,25,29)(H2,22,24,28)/t15-,16-/m0/s1. The molecule has 29 heavy (non-hydrogen) atoms. The molecule has 4 N–H and O–H groups in total. The van der Waals surface area contributed by atoms with Gasteiger partial charge < -0.3 is 26.2 Å². The number of piperidine rings is 1. The van der Waals surface area contributed by atoms with Crippen molar-refractivity contribution in [1.29, 1.82) is 0 Å². The Labute approximate surface area is 172 Å². The average Bonchev–Trinajstić information content (AvgIpc) is 2.73. The molecule has 8 heteroatoms. The van der Waals surface area contributed by atoms with Crippen LogP contribution in [0.1, 0.15) is 46.5 Å². The van der Waals surface area contributed by atoms with Crippen molar-refractivity contribution >= 4 is 29.3 Å². The number of likely N-dealkylation sites (tertiary alicyclic amines) is 1. The highest BCUT2D eigenvalue weighted by atomic mass is 16.2. The third-order valence-electron chi connectivity index (χ3n) is 5.01. The number of rotatable bonds is 7. The highest BCUT2D eigenvalue weighted by molar-refractivity contribution is 5.92. The van der Waals surface area contributed by atoms with E-state index in [0.29, 0.717) is 31.0 Å². The van der Waals surface area contributed by atoms with Crippen LogP contribution in [0.15, 0.2) is 24.3 Å². The van der Waals surface area contributed by atoms with Gasteiger partial charge in [0.1, 0.15) is 0 Å². The van der Waals surface area contributed by atoms with Crippen molar-refractivity contribution in [2.75, 3.05) is 30.3 Å². The van der Waals surface area contributed by atoms with Crippen LogP contribution in [-0.4, -0.2) is 48.5 Å². The number of anilines is 2. The quantitative estimate of drug-likeness (QED) is 0.561. The minimum atomic E-state index is -0.251. The average molecular weight is 404 g/mol. The lowest BCUT2D eigenvalue weighted by atomic mass is 9.97. The number of nitrogens with one attached hydrogen (secondary N) is 4. The van der Waals surface area contributed by atoms with Crippen molar-refractivity contribution in [3.63, 3.8) is 0 Å². The normalized spacial score (nSPS) is 17.2. The van der Waals surface area contributed by atoms with E-state index in [1.54, 1.807) is 29.2 Å². The number of carbonyl (C=O) groups excluding carboxylic acids is 3. The van der Waals surface area contributed by atoms with Crippen LogP contribution in [0.4, 0.5) is 21.0 Å². The third kappa shape index (κ3) is 7.29. The van der Waals surface area contributed by atoms with Crippen molar-refractivity contribution < 1.29 is 14.4 Å². The van der Waals surface area contributed by atoms with E-state index in [4.69, 9.17) is 0 Å². The van der Waals surface area contributed by atoms with Gasteiger partial charge in [-0.1, -0.05) is 13.8 Å². The van der Waals surface area contributed by atoms with Crippen molar-refractivity contribution in [3.8, 4) is 0 Å². The van der Waals surface area contributed by atoms with Gasteiger partial charge in [0.2, 0.25) is 5.91 Å². The zero-order valence-electron chi connectivity index (χ0n) is 17.6. The van der Waals surface area contributed by atoms with Gasteiger partial charge in [-0.05, 0) is 56.9 Å². The molecular formula is C21H33N5O3. The first-order valence-corrected chi connectivity index (χ1v) is 10.4. The van der Waals surface area contributed by atoms with E-state index in [-0.39, 0.29) is 29.9 Å². The second kappa shape index (κ2) is 11.3. The van der Waals surface area contributed by atoms with Crippen LogP contribution >= 0.6 is 0 Å². The Balaban J connectivity index is 1.86. The van der Waals surface area contributed by atoms with Crippen molar-refractivity contribution in [2.24, 2.45) is 5.92 Å². The van der Waals surface area contributed by atoms with E-state index in [9.17, 15) is 14.4 Å². The molecule has 0 spiro atoms. The summed E-state index contributed by atoms with van der Waals surface area (Å²) in [6, 6.07) is 6.63. The van der Waals surface area contributed by atoms with Gasteiger partial charge in [0.15, 0.2) is 0 Å². The smallest absolute Gasteiger partial charge is 0.321 e. The second-order valence-electron chi connectivity index (χ2n) is 7.49. The Hall–Kier alpha value is -2.77. The fraction of sp³-hybridized carbons (Fsp3) is 0.571. The molecule has 0 bridgehead atoms. The molecular weight excluding hydrogens is 370 g/mol. The lowest BCUT2D eigenvalue weighted by Gasteiger charge is -2.32. The predicted octanol–water partition coefficient (Wildman–Crippen LogP) is 3.38. The maximum absolute atomic E-state index is 12.6. The molecule has 8 nitrogen and oxygen atoms in total. The summed E-state index contributed by atoms with van der Waals surface area (Å²) >= 11 is 0. The van der Waals surface area contributed by atoms with Crippen molar-refractivity contribution in [1.82, 2.24) is 15.5 Å². The molecule has 5 amide bonds. The van der Waals surface area contributed by atoms with Gasteiger partial charge in [0.25, 0.3) is 0 Å². The molecule has 0 aliphatic carbocycles. The molecule has 0 saturated carbocycles. The van der Waals surface area contributed by atoms with Crippen LogP contribution in [0.2, 0.25) is 0 Å². The zero-order chi connectivity index (χ0) is 21.2. The van der Waals surface area contributed by atoms with E-state index < -0.39 is 0 Å². The van der Waals surface area contributed by atoms with Crippen LogP contribution in [0.25, 0.3) is 0 Å². The van der Waals surface area contributed by atoms with Crippen LogP contribution in [0, 0.1) is 5.92 Å². The summed E-state index contributed by atoms with van der Waals surface area (Å²) in [4.78, 5) is 38.3. The minimum absolute atomic E-state index is 0.0219. The van der Waals surface area contributed by atoms with E-state index >= 15 is 0 Å². The number of carbonyl (C=O) groups is 3. The SMILES string of the molecule is CCCNC(=O)Nc1ccc(NC(=O)N2CCC[C@H](C(=O)N[C@@H](C)CC)C2)cc1. The van der Waals surface area contributed by atoms with Gasteiger partial charge in [-0.3, -0.25) is 4.79 Å². The summed E-state index contributed by atoms with van der Waals surface area (Å²) in [5.41, 5.74) is 1.29. The minimum Gasteiger partial charge on any atom is -0.353 e. The van der Waals surface area contributed by atoms with Gasteiger partial charge in [-0.25, -0.2) is 9.59 Å². The number of nitrogens with zero attached hydrogens (tertiary/aromatic N) is 1. The summed E-state index contributed by atoms with van der Waals surface area (Å²) < 4.78 is 0. The number of hydrogen-bond donors (Lipinski definition) is 4. The van der Waals surface area contributed by atoms with Gasteiger partial charge in [0, 0.05) is 37.1 Å². The molecule has 0 unspecified atom stereocenters. The van der Waals surface area contributed by atoms with E-state index in [2.05, 4.69) is 21.3 Å². The number of urea groups is 2. The van der Waals surface area contributed by atoms with Crippen LogP contribution in [0.3, 0.4) is 0 Å². The summed E-state index contributed by atoms with van der Waals surface area (Å²) in [6.45, 7) is 7.68.